The number of benzene rings is 1. The van der Waals surface area contributed by atoms with Crippen LogP contribution in [0.1, 0.15) is 52.5 Å². The van der Waals surface area contributed by atoms with E-state index in [2.05, 4.69) is 49.2 Å². The predicted octanol–water partition coefficient (Wildman–Crippen LogP) is 4.30. The van der Waals surface area contributed by atoms with Gasteiger partial charge in [-0.05, 0) is 55.4 Å². The number of hydrogen-bond acceptors (Lipinski definition) is 2. The van der Waals surface area contributed by atoms with E-state index in [0.29, 0.717) is 12.0 Å². The molecule has 2 rings (SSSR count). The zero-order valence-corrected chi connectivity index (χ0v) is 17.4. The third-order valence-corrected chi connectivity index (χ3v) is 5.54. The number of carbonyl (C=O) groups is 1. The molecule has 1 aromatic rings. The van der Waals surface area contributed by atoms with Crippen molar-refractivity contribution in [1.29, 1.82) is 0 Å². The minimum atomic E-state index is 0.176. The molecule has 1 amide bonds. The first-order chi connectivity index (χ1) is 12.4. The van der Waals surface area contributed by atoms with Gasteiger partial charge in [-0.25, -0.2) is 0 Å². The van der Waals surface area contributed by atoms with Gasteiger partial charge in [0.2, 0.25) is 5.91 Å². The number of para-hydroxylation sites is 1. The molecule has 4 nitrogen and oxygen atoms in total. The first kappa shape index (κ1) is 20.7. The summed E-state index contributed by atoms with van der Waals surface area (Å²) in [7, 11) is 0. The average molecular weight is 376 g/mol. The van der Waals surface area contributed by atoms with Crippen LogP contribution >= 0.6 is 12.2 Å². The Bertz CT molecular complexity index is 609. The summed E-state index contributed by atoms with van der Waals surface area (Å²) in [5.41, 5.74) is 2.39. The lowest BCUT2D eigenvalue weighted by atomic mass is 10.0. The standard InChI is InChI=1S/C21H33N3OS/c1-5-18-8-6-7-9-20(18)22-21(26)24(15-10-16(2)3)19-11-13-23(14-12-19)17(4)25/h6-9,16,19H,5,10-15H2,1-4H3,(H,22,26). The Balaban J connectivity index is 2.08. The Morgan fingerprint density at radius 1 is 1.31 bits per heavy atom. The third kappa shape index (κ3) is 5.70. The second-order valence-electron chi connectivity index (χ2n) is 7.55. The van der Waals surface area contributed by atoms with Crippen LogP contribution in [0, 0.1) is 5.92 Å². The van der Waals surface area contributed by atoms with E-state index >= 15 is 0 Å². The Labute approximate surface area is 163 Å². The summed E-state index contributed by atoms with van der Waals surface area (Å²) in [4.78, 5) is 15.9. The number of aryl methyl sites for hydroxylation is 1. The molecule has 0 saturated carbocycles. The van der Waals surface area contributed by atoms with Gasteiger partial charge in [0.25, 0.3) is 0 Å². The highest BCUT2D eigenvalue weighted by molar-refractivity contribution is 7.80. The lowest BCUT2D eigenvalue weighted by Crippen LogP contribution is -2.50. The fourth-order valence-electron chi connectivity index (χ4n) is 3.48. The van der Waals surface area contributed by atoms with E-state index in [1.54, 1.807) is 6.92 Å². The zero-order chi connectivity index (χ0) is 19.1. The van der Waals surface area contributed by atoms with E-state index in [4.69, 9.17) is 12.2 Å². The van der Waals surface area contributed by atoms with Gasteiger partial charge in [-0.2, -0.15) is 0 Å². The van der Waals surface area contributed by atoms with Gasteiger partial charge in [0.1, 0.15) is 0 Å². The molecule has 0 atom stereocenters. The zero-order valence-electron chi connectivity index (χ0n) is 16.6. The molecule has 1 N–H and O–H groups in total. The van der Waals surface area contributed by atoms with Crippen molar-refractivity contribution in [3.63, 3.8) is 0 Å². The van der Waals surface area contributed by atoms with Crippen LogP contribution in [0.2, 0.25) is 0 Å². The van der Waals surface area contributed by atoms with Crippen molar-refractivity contribution in [3.05, 3.63) is 29.8 Å². The average Bonchev–Trinajstić information content (AvgIpc) is 2.62. The quantitative estimate of drug-likeness (QED) is 0.752. The molecule has 0 aromatic heterocycles. The molecule has 0 spiro atoms. The maximum atomic E-state index is 11.6. The number of nitrogens with zero attached hydrogens (tertiary/aromatic N) is 2. The van der Waals surface area contributed by atoms with Gasteiger partial charge in [-0.15, -0.1) is 0 Å². The second-order valence-corrected chi connectivity index (χ2v) is 7.94. The van der Waals surface area contributed by atoms with Crippen molar-refractivity contribution >= 4 is 28.9 Å². The summed E-state index contributed by atoms with van der Waals surface area (Å²) in [5, 5.41) is 4.31. The Kier molecular flexibility index (Phi) is 7.88. The Hall–Kier alpha value is -1.62. The molecule has 0 aliphatic carbocycles. The van der Waals surface area contributed by atoms with Gasteiger partial charge >= 0.3 is 0 Å². The highest BCUT2D eigenvalue weighted by Gasteiger charge is 2.27. The van der Waals surface area contributed by atoms with E-state index in [1.165, 1.54) is 5.56 Å². The molecule has 144 valence electrons. The van der Waals surface area contributed by atoms with Crippen LogP contribution in [0.25, 0.3) is 0 Å². The van der Waals surface area contributed by atoms with Gasteiger partial charge < -0.3 is 15.1 Å². The molecule has 1 fully saturated rings. The van der Waals surface area contributed by atoms with Gasteiger partial charge in [0, 0.05) is 38.3 Å². The SMILES string of the molecule is CCc1ccccc1NC(=S)N(CCC(C)C)C1CCN(C(C)=O)CC1. The fourth-order valence-corrected chi connectivity index (χ4v) is 3.83. The van der Waals surface area contributed by atoms with Crippen LogP contribution in [0.3, 0.4) is 0 Å². The third-order valence-electron chi connectivity index (χ3n) is 5.20. The molecule has 5 heteroatoms. The van der Waals surface area contributed by atoms with E-state index in [1.807, 2.05) is 11.0 Å². The number of hydrogen-bond donors (Lipinski definition) is 1. The molecule has 0 radical (unpaired) electrons. The lowest BCUT2D eigenvalue weighted by molar-refractivity contribution is -0.130. The lowest BCUT2D eigenvalue weighted by Gasteiger charge is -2.40. The van der Waals surface area contributed by atoms with Crippen LogP contribution in [0.4, 0.5) is 5.69 Å². The van der Waals surface area contributed by atoms with Gasteiger partial charge in [0.05, 0.1) is 0 Å². The molecule has 1 aliphatic heterocycles. The number of carbonyl (C=O) groups excluding carboxylic acids is 1. The van der Waals surface area contributed by atoms with Crippen LogP contribution < -0.4 is 5.32 Å². The largest absolute Gasteiger partial charge is 0.346 e. The monoisotopic (exact) mass is 375 g/mol. The van der Waals surface area contributed by atoms with Crippen LogP contribution in [-0.4, -0.2) is 46.5 Å². The number of thiocarbonyl (C=S) groups is 1. The number of likely N-dealkylation sites (tertiary alicyclic amines) is 1. The van der Waals surface area contributed by atoms with Crippen molar-refractivity contribution in [3.8, 4) is 0 Å². The molecule has 26 heavy (non-hydrogen) atoms. The maximum Gasteiger partial charge on any atom is 0.219 e. The summed E-state index contributed by atoms with van der Waals surface area (Å²) in [6.45, 7) is 10.9. The number of rotatable bonds is 6. The van der Waals surface area contributed by atoms with Crippen molar-refractivity contribution in [1.82, 2.24) is 9.80 Å². The summed E-state index contributed by atoms with van der Waals surface area (Å²) >= 11 is 5.81. The number of piperidine rings is 1. The molecule has 1 aliphatic rings. The molecule has 0 bridgehead atoms. The summed E-state index contributed by atoms with van der Waals surface area (Å²) < 4.78 is 0. The molecule has 1 heterocycles. The first-order valence-electron chi connectivity index (χ1n) is 9.83. The van der Waals surface area contributed by atoms with E-state index in [-0.39, 0.29) is 5.91 Å². The Morgan fingerprint density at radius 3 is 2.54 bits per heavy atom. The van der Waals surface area contributed by atoms with Crippen molar-refractivity contribution in [2.45, 2.75) is 59.4 Å². The van der Waals surface area contributed by atoms with Crippen LogP contribution in [-0.2, 0) is 11.2 Å². The van der Waals surface area contributed by atoms with Gasteiger partial charge in [-0.1, -0.05) is 39.0 Å². The first-order valence-corrected chi connectivity index (χ1v) is 10.2. The smallest absolute Gasteiger partial charge is 0.219 e. The van der Waals surface area contributed by atoms with E-state index < -0.39 is 0 Å². The molecular formula is C21H33N3OS. The minimum absolute atomic E-state index is 0.176. The summed E-state index contributed by atoms with van der Waals surface area (Å²) in [5.74, 6) is 0.815. The van der Waals surface area contributed by atoms with Crippen LogP contribution in [0.15, 0.2) is 24.3 Å². The normalized spacial score (nSPS) is 15.2. The van der Waals surface area contributed by atoms with E-state index in [9.17, 15) is 4.79 Å². The molecule has 0 unspecified atom stereocenters. The minimum Gasteiger partial charge on any atom is -0.346 e. The highest BCUT2D eigenvalue weighted by atomic mass is 32.1. The molecule has 1 saturated heterocycles. The molecular weight excluding hydrogens is 342 g/mol. The highest BCUT2D eigenvalue weighted by Crippen LogP contribution is 2.21. The Morgan fingerprint density at radius 2 is 1.96 bits per heavy atom. The predicted molar refractivity (Wildman–Crippen MR) is 113 cm³/mol. The number of amides is 1. The number of anilines is 1. The number of nitrogens with one attached hydrogen (secondary N) is 1. The van der Waals surface area contributed by atoms with E-state index in [0.717, 1.165) is 56.1 Å². The van der Waals surface area contributed by atoms with Crippen LogP contribution in [0.5, 0.6) is 0 Å². The second kappa shape index (κ2) is 9.91. The van der Waals surface area contributed by atoms with Gasteiger partial charge in [0.15, 0.2) is 5.11 Å². The van der Waals surface area contributed by atoms with Gasteiger partial charge in [-0.3, -0.25) is 4.79 Å². The van der Waals surface area contributed by atoms with Crippen molar-refractivity contribution in [2.75, 3.05) is 25.0 Å². The summed E-state index contributed by atoms with van der Waals surface area (Å²) in [6.07, 6.45) is 4.06. The van der Waals surface area contributed by atoms with Crippen molar-refractivity contribution in [2.24, 2.45) is 5.92 Å². The molecule has 1 aromatic carbocycles. The summed E-state index contributed by atoms with van der Waals surface area (Å²) in [6, 6.07) is 8.77. The maximum absolute atomic E-state index is 11.6. The van der Waals surface area contributed by atoms with Crippen molar-refractivity contribution < 1.29 is 4.79 Å². The topological polar surface area (TPSA) is 35.6 Å². The fraction of sp³-hybridized carbons (Fsp3) is 0.619.